The van der Waals surface area contributed by atoms with Gasteiger partial charge in [-0.25, -0.2) is 0 Å². The molecule has 2 N–H and O–H groups in total. The molecule has 0 aromatic carbocycles. The number of nitrogens with two attached hydrogens (primary N) is 1. The third-order valence-electron chi connectivity index (χ3n) is 1.72. The smallest absolute Gasteiger partial charge is 0.00870 e. The first-order valence-corrected chi connectivity index (χ1v) is 4.37. The van der Waals surface area contributed by atoms with Gasteiger partial charge in [0, 0.05) is 5.70 Å². The van der Waals surface area contributed by atoms with Crippen molar-refractivity contribution in [3.05, 3.63) is 21.8 Å². The third-order valence-corrected chi connectivity index (χ3v) is 2.63. The molecule has 0 fully saturated rings. The first-order valence-electron chi connectivity index (χ1n) is 3.57. The first kappa shape index (κ1) is 7.86. The lowest BCUT2D eigenvalue weighted by atomic mass is 10.0. The maximum absolute atomic E-state index is 5.67. The summed E-state index contributed by atoms with van der Waals surface area (Å²) in [4.78, 5) is 0. The molecule has 1 nitrogen and oxygen atoms in total. The number of rotatable bonds is 1. The highest BCUT2D eigenvalue weighted by Crippen LogP contribution is 2.27. The van der Waals surface area contributed by atoms with E-state index in [1.54, 1.807) is 0 Å². The molecule has 56 valence electrons. The van der Waals surface area contributed by atoms with Crippen LogP contribution in [0.15, 0.2) is 21.8 Å². The molecule has 10 heavy (non-hydrogen) atoms. The van der Waals surface area contributed by atoms with E-state index >= 15 is 0 Å². The second-order valence-electron chi connectivity index (χ2n) is 2.50. The molecule has 0 radical (unpaired) electrons. The molecule has 0 saturated heterocycles. The minimum Gasteiger partial charge on any atom is -0.402 e. The van der Waals surface area contributed by atoms with Crippen molar-refractivity contribution in [1.29, 1.82) is 0 Å². The van der Waals surface area contributed by atoms with Gasteiger partial charge in [-0.1, -0.05) is 22.9 Å². The van der Waals surface area contributed by atoms with Gasteiger partial charge in [-0.15, -0.1) is 0 Å². The lowest BCUT2D eigenvalue weighted by Gasteiger charge is -2.12. The Labute approximate surface area is 70.1 Å². The van der Waals surface area contributed by atoms with Crippen LogP contribution in [-0.4, -0.2) is 0 Å². The van der Waals surface area contributed by atoms with Gasteiger partial charge in [0.25, 0.3) is 0 Å². The van der Waals surface area contributed by atoms with E-state index in [4.69, 9.17) is 5.73 Å². The second kappa shape index (κ2) is 3.24. The summed E-state index contributed by atoms with van der Waals surface area (Å²) in [7, 11) is 0. The number of halogens is 1. The summed E-state index contributed by atoms with van der Waals surface area (Å²) in [6, 6.07) is 0. The normalized spacial score (nSPS) is 19.2. The maximum Gasteiger partial charge on any atom is 0.00870 e. The number of allylic oxidation sites excluding steroid dienone is 4. The molecule has 1 rings (SSSR count). The predicted octanol–water partition coefficient (Wildman–Crippen LogP) is 2.68. The Kier molecular flexibility index (Phi) is 2.55. The summed E-state index contributed by atoms with van der Waals surface area (Å²) >= 11 is 3.52. The minimum atomic E-state index is 1.00. The van der Waals surface area contributed by atoms with Crippen LogP contribution >= 0.6 is 15.9 Å². The Hall–Kier alpha value is -0.240. The molecular weight excluding hydrogens is 190 g/mol. The van der Waals surface area contributed by atoms with Gasteiger partial charge in [0.05, 0.1) is 0 Å². The molecule has 0 atom stereocenters. The Bertz CT molecular complexity index is 191. The van der Waals surface area contributed by atoms with E-state index in [1.165, 1.54) is 10.1 Å². The Balaban J connectivity index is 2.82. The van der Waals surface area contributed by atoms with E-state index in [9.17, 15) is 0 Å². The highest BCUT2D eigenvalue weighted by molar-refractivity contribution is 9.11. The fraction of sp³-hybridized carbons (Fsp3) is 0.500. The summed E-state index contributed by atoms with van der Waals surface area (Å²) in [5, 5.41) is 0. The van der Waals surface area contributed by atoms with Crippen molar-refractivity contribution >= 4 is 15.9 Å². The van der Waals surface area contributed by atoms with Crippen molar-refractivity contribution in [2.75, 3.05) is 0 Å². The van der Waals surface area contributed by atoms with Crippen LogP contribution in [0.3, 0.4) is 0 Å². The van der Waals surface area contributed by atoms with Gasteiger partial charge in [-0.05, 0) is 35.4 Å². The average Bonchev–Trinajstić information content (AvgIpc) is 1.94. The Morgan fingerprint density at radius 3 is 2.80 bits per heavy atom. The van der Waals surface area contributed by atoms with E-state index in [2.05, 4.69) is 28.9 Å². The van der Waals surface area contributed by atoms with Crippen molar-refractivity contribution in [2.45, 2.75) is 26.2 Å². The minimum absolute atomic E-state index is 1.00. The fourth-order valence-corrected chi connectivity index (χ4v) is 1.68. The molecule has 2 heteroatoms. The topological polar surface area (TPSA) is 26.0 Å². The second-order valence-corrected chi connectivity index (χ2v) is 3.46. The van der Waals surface area contributed by atoms with E-state index in [1.807, 2.05) is 0 Å². The number of hydrogen-bond acceptors (Lipinski definition) is 1. The monoisotopic (exact) mass is 201 g/mol. The van der Waals surface area contributed by atoms with Crippen LogP contribution in [0, 0.1) is 0 Å². The van der Waals surface area contributed by atoms with E-state index in [-0.39, 0.29) is 0 Å². The van der Waals surface area contributed by atoms with Gasteiger partial charge >= 0.3 is 0 Å². The molecular formula is C8H12BrN. The highest BCUT2D eigenvalue weighted by atomic mass is 79.9. The summed E-state index contributed by atoms with van der Waals surface area (Å²) in [6.07, 6.45) is 5.23. The third kappa shape index (κ3) is 1.63. The van der Waals surface area contributed by atoms with Crippen LogP contribution in [0.2, 0.25) is 0 Å². The first-order chi connectivity index (χ1) is 4.74. The van der Waals surface area contributed by atoms with Crippen LogP contribution in [0.4, 0.5) is 0 Å². The average molecular weight is 202 g/mol. The van der Waals surface area contributed by atoms with Gasteiger partial charge in [-0.3, -0.25) is 0 Å². The summed E-state index contributed by atoms with van der Waals surface area (Å²) < 4.78 is 1.32. The van der Waals surface area contributed by atoms with E-state index in [0.717, 1.165) is 25.0 Å². The van der Waals surface area contributed by atoms with Crippen molar-refractivity contribution in [1.82, 2.24) is 0 Å². The molecule has 0 saturated carbocycles. The van der Waals surface area contributed by atoms with Crippen molar-refractivity contribution in [3.8, 4) is 0 Å². The van der Waals surface area contributed by atoms with Crippen molar-refractivity contribution < 1.29 is 0 Å². The predicted molar refractivity (Wildman–Crippen MR) is 47.7 cm³/mol. The summed E-state index contributed by atoms with van der Waals surface area (Å²) in [5.41, 5.74) is 8.03. The molecule has 1 aliphatic rings. The van der Waals surface area contributed by atoms with E-state index < -0.39 is 0 Å². The molecule has 0 bridgehead atoms. The molecule has 0 heterocycles. The van der Waals surface area contributed by atoms with Crippen molar-refractivity contribution in [2.24, 2.45) is 5.73 Å². The quantitative estimate of drug-likeness (QED) is 0.694. The lowest BCUT2D eigenvalue weighted by molar-refractivity contribution is 0.902. The highest BCUT2D eigenvalue weighted by Gasteiger charge is 2.06. The molecule has 0 aliphatic heterocycles. The zero-order valence-electron chi connectivity index (χ0n) is 6.15. The van der Waals surface area contributed by atoms with Gasteiger partial charge in [0.15, 0.2) is 0 Å². The van der Waals surface area contributed by atoms with Crippen molar-refractivity contribution in [3.63, 3.8) is 0 Å². The molecule has 0 aromatic rings. The van der Waals surface area contributed by atoms with Gasteiger partial charge in [0.2, 0.25) is 0 Å². The van der Waals surface area contributed by atoms with E-state index in [0.29, 0.717) is 0 Å². The maximum atomic E-state index is 5.67. The van der Waals surface area contributed by atoms with Gasteiger partial charge < -0.3 is 5.73 Å². The number of hydrogen-bond donors (Lipinski definition) is 1. The Morgan fingerprint density at radius 1 is 1.60 bits per heavy atom. The lowest BCUT2D eigenvalue weighted by Crippen LogP contribution is -2.02. The van der Waals surface area contributed by atoms with Gasteiger partial charge in [0.1, 0.15) is 0 Å². The van der Waals surface area contributed by atoms with Gasteiger partial charge in [-0.2, -0.15) is 0 Å². The molecule has 0 unspecified atom stereocenters. The van der Waals surface area contributed by atoms with Crippen LogP contribution in [0.25, 0.3) is 0 Å². The zero-order valence-corrected chi connectivity index (χ0v) is 7.74. The molecule has 0 aromatic heterocycles. The van der Waals surface area contributed by atoms with Crippen LogP contribution in [-0.2, 0) is 0 Å². The standard InChI is InChI=1S/C8H12BrN/c1-2-6-5-7(10)3-4-8(6)9/h5H,2-4,10H2,1H3. The fourth-order valence-electron chi connectivity index (χ4n) is 1.08. The SMILES string of the molecule is CCC1=C(Br)CCC(N)=C1. The Morgan fingerprint density at radius 2 is 2.30 bits per heavy atom. The summed E-state index contributed by atoms with van der Waals surface area (Å²) in [5.74, 6) is 0. The summed E-state index contributed by atoms with van der Waals surface area (Å²) in [6.45, 7) is 2.14. The molecule has 1 aliphatic carbocycles. The van der Waals surface area contributed by atoms with Crippen LogP contribution in [0.5, 0.6) is 0 Å². The van der Waals surface area contributed by atoms with Crippen LogP contribution in [0.1, 0.15) is 26.2 Å². The largest absolute Gasteiger partial charge is 0.402 e. The molecule has 0 spiro atoms. The molecule has 0 amide bonds. The zero-order chi connectivity index (χ0) is 7.56. The van der Waals surface area contributed by atoms with Crippen LogP contribution < -0.4 is 5.73 Å².